The van der Waals surface area contributed by atoms with Crippen molar-refractivity contribution < 1.29 is 13.9 Å². The number of hydrogen-bond donors (Lipinski definition) is 1. The minimum absolute atomic E-state index is 0.264. The van der Waals surface area contributed by atoms with Gasteiger partial charge >= 0.3 is 0 Å². The molecule has 1 atom stereocenters. The molecule has 0 aliphatic carbocycles. The molecule has 21 heavy (non-hydrogen) atoms. The van der Waals surface area contributed by atoms with Crippen LogP contribution in [0.15, 0.2) is 42.5 Å². The molecule has 0 amide bonds. The summed E-state index contributed by atoms with van der Waals surface area (Å²) in [6.07, 6.45) is 0.0954. The number of anilines is 1. The summed E-state index contributed by atoms with van der Waals surface area (Å²) in [4.78, 5) is 11.0. The topological polar surface area (TPSA) is 38.3 Å². The maximum absolute atomic E-state index is 13.4. The summed E-state index contributed by atoms with van der Waals surface area (Å²) in [5.74, 6) is -0.264. The molecule has 3 nitrogen and oxygen atoms in total. The maximum Gasteiger partial charge on any atom is 0.185 e. The van der Waals surface area contributed by atoms with Crippen molar-refractivity contribution in [2.24, 2.45) is 0 Å². The highest BCUT2D eigenvalue weighted by molar-refractivity contribution is 5.73. The highest BCUT2D eigenvalue weighted by Gasteiger charge is 2.33. The molecule has 0 saturated heterocycles. The third-order valence-corrected chi connectivity index (χ3v) is 3.67. The molecular weight excluding hydrogens is 269 g/mol. The Kier molecular flexibility index (Phi) is 3.26. The van der Waals surface area contributed by atoms with Crippen molar-refractivity contribution in [3.8, 4) is 11.1 Å². The monoisotopic (exact) mass is 285 g/mol. The van der Waals surface area contributed by atoms with Crippen molar-refractivity contribution in [1.82, 2.24) is 0 Å². The largest absolute Gasteiger partial charge is 0.354 e. The standard InChI is InChI=1S/C17H16FNO2/c1-17(2)14-9-12(11-4-3-5-13(18)8-11)6-7-15(14)19-16(10-20)21-17/h3-10,16,19H,1-2H3. The molecule has 3 rings (SSSR count). The van der Waals surface area contributed by atoms with Crippen molar-refractivity contribution in [3.63, 3.8) is 0 Å². The van der Waals surface area contributed by atoms with Crippen LogP contribution in [-0.4, -0.2) is 12.5 Å². The van der Waals surface area contributed by atoms with Gasteiger partial charge in [0.15, 0.2) is 12.5 Å². The van der Waals surface area contributed by atoms with Crippen LogP contribution in [0.5, 0.6) is 0 Å². The van der Waals surface area contributed by atoms with E-state index in [4.69, 9.17) is 4.74 Å². The molecule has 4 heteroatoms. The van der Waals surface area contributed by atoms with Crippen LogP contribution in [0.1, 0.15) is 19.4 Å². The lowest BCUT2D eigenvalue weighted by Gasteiger charge is -2.37. The van der Waals surface area contributed by atoms with E-state index in [1.54, 1.807) is 6.07 Å². The normalized spacial score (nSPS) is 19.5. The molecule has 0 bridgehead atoms. The fourth-order valence-electron chi connectivity index (χ4n) is 2.64. The van der Waals surface area contributed by atoms with Crippen LogP contribution >= 0.6 is 0 Å². The van der Waals surface area contributed by atoms with Gasteiger partial charge in [-0.2, -0.15) is 0 Å². The molecule has 1 heterocycles. The zero-order valence-electron chi connectivity index (χ0n) is 11.9. The van der Waals surface area contributed by atoms with Crippen molar-refractivity contribution in [2.45, 2.75) is 25.7 Å². The van der Waals surface area contributed by atoms with Gasteiger partial charge in [-0.05, 0) is 49.2 Å². The lowest BCUT2D eigenvalue weighted by molar-refractivity contribution is -0.128. The van der Waals surface area contributed by atoms with E-state index in [1.165, 1.54) is 12.1 Å². The van der Waals surface area contributed by atoms with E-state index in [2.05, 4.69) is 5.32 Å². The van der Waals surface area contributed by atoms with Gasteiger partial charge in [0.2, 0.25) is 0 Å². The highest BCUT2D eigenvalue weighted by atomic mass is 19.1. The van der Waals surface area contributed by atoms with E-state index in [-0.39, 0.29) is 5.82 Å². The first-order valence-corrected chi connectivity index (χ1v) is 6.80. The SMILES string of the molecule is CC1(C)OC(C=O)Nc2ccc(-c3cccc(F)c3)cc21. The van der Waals surface area contributed by atoms with E-state index in [1.807, 2.05) is 38.1 Å². The fraction of sp³-hybridized carbons (Fsp3) is 0.235. The number of ether oxygens (including phenoxy) is 1. The Morgan fingerprint density at radius 1 is 1.19 bits per heavy atom. The van der Waals surface area contributed by atoms with E-state index in [0.717, 1.165) is 28.7 Å². The minimum atomic E-state index is -0.646. The summed E-state index contributed by atoms with van der Waals surface area (Å²) in [7, 11) is 0. The molecule has 2 aromatic rings. The first kappa shape index (κ1) is 13.8. The molecule has 2 aromatic carbocycles. The third-order valence-electron chi connectivity index (χ3n) is 3.67. The van der Waals surface area contributed by atoms with Crippen LogP contribution in [0, 0.1) is 5.82 Å². The lowest BCUT2D eigenvalue weighted by atomic mass is 9.91. The average molecular weight is 285 g/mol. The minimum Gasteiger partial charge on any atom is -0.354 e. The molecule has 0 aromatic heterocycles. The first-order valence-electron chi connectivity index (χ1n) is 6.80. The van der Waals surface area contributed by atoms with Gasteiger partial charge in [0.1, 0.15) is 5.82 Å². The summed E-state index contributed by atoms with van der Waals surface area (Å²) >= 11 is 0. The maximum atomic E-state index is 13.4. The van der Waals surface area contributed by atoms with Crippen LogP contribution in [0.25, 0.3) is 11.1 Å². The van der Waals surface area contributed by atoms with Gasteiger partial charge in [-0.1, -0.05) is 18.2 Å². The van der Waals surface area contributed by atoms with Crippen molar-refractivity contribution >= 4 is 12.0 Å². The number of benzene rings is 2. The molecular formula is C17H16FNO2. The summed E-state index contributed by atoms with van der Waals surface area (Å²) in [6.45, 7) is 3.83. The Balaban J connectivity index is 2.07. The number of aldehydes is 1. The van der Waals surface area contributed by atoms with E-state index < -0.39 is 11.8 Å². The number of rotatable bonds is 2. The van der Waals surface area contributed by atoms with Crippen molar-refractivity contribution in [1.29, 1.82) is 0 Å². The van der Waals surface area contributed by atoms with Crippen LogP contribution in [0.2, 0.25) is 0 Å². The molecule has 1 aliphatic heterocycles. The Bertz CT molecular complexity index is 697. The number of fused-ring (bicyclic) bond motifs is 1. The third kappa shape index (κ3) is 2.54. The van der Waals surface area contributed by atoms with Gasteiger partial charge < -0.3 is 10.1 Å². The predicted molar refractivity (Wildman–Crippen MR) is 79.4 cm³/mol. The number of carbonyl (C=O) groups is 1. The predicted octanol–water partition coefficient (Wildman–Crippen LogP) is 3.69. The summed E-state index contributed by atoms with van der Waals surface area (Å²) in [5.41, 5.74) is 2.95. The number of carbonyl (C=O) groups excluding carboxylic acids is 1. The lowest BCUT2D eigenvalue weighted by Crippen LogP contribution is -2.39. The summed E-state index contributed by atoms with van der Waals surface area (Å²) in [6, 6.07) is 12.2. The van der Waals surface area contributed by atoms with E-state index >= 15 is 0 Å². The van der Waals surface area contributed by atoms with Crippen LogP contribution in [0.3, 0.4) is 0 Å². The van der Waals surface area contributed by atoms with E-state index in [9.17, 15) is 9.18 Å². The zero-order chi connectivity index (χ0) is 15.0. The van der Waals surface area contributed by atoms with Gasteiger partial charge in [-0.15, -0.1) is 0 Å². The molecule has 108 valence electrons. The van der Waals surface area contributed by atoms with Gasteiger partial charge in [0, 0.05) is 11.3 Å². The molecule has 1 unspecified atom stereocenters. The molecule has 0 radical (unpaired) electrons. The second-order valence-corrected chi connectivity index (χ2v) is 5.60. The summed E-state index contributed by atoms with van der Waals surface area (Å²) in [5, 5.41) is 3.03. The van der Waals surface area contributed by atoms with E-state index in [0.29, 0.717) is 0 Å². The number of halogens is 1. The van der Waals surface area contributed by atoms with Crippen LogP contribution < -0.4 is 5.32 Å². The highest BCUT2D eigenvalue weighted by Crippen LogP contribution is 2.38. The molecule has 1 N–H and O–H groups in total. The number of hydrogen-bond acceptors (Lipinski definition) is 3. The van der Waals surface area contributed by atoms with Gasteiger partial charge in [-0.25, -0.2) is 4.39 Å². The second kappa shape index (κ2) is 4.97. The van der Waals surface area contributed by atoms with Gasteiger partial charge in [-0.3, -0.25) is 4.79 Å². The van der Waals surface area contributed by atoms with Gasteiger partial charge in [0.05, 0.1) is 5.60 Å². The van der Waals surface area contributed by atoms with Gasteiger partial charge in [0.25, 0.3) is 0 Å². The molecule has 0 fully saturated rings. The fourth-order valence-corrected chi connectivity index (χ4v) is 2.64. The Morgan fingerprint density at radius 2 is 1.95 bits per heavy atom. The molecule has 0 spiro atoms. The quantitative estimate of drug-likeness (QED) is 0.855. The first-order chi connectivity index (χ1) is 9.99. The van der Waals surface area contributed by atoms with Crippen molar-refractivity contribution in [2.75, 3.05) is 5.32 Å². The molecule has 0 saturated carbocycles. The Hall–Kier alpha value is -2.20. The average Bonchev–Trinajstić information content (AvgIpc) is 2.46. The smallest absolute Gasteiger partial charge is 0.185 e. The number of nitrogens with one attached hydrogen (secondary N) is 1. The second-order valence-electron chi connectivity index (χ2n) is 5.60. The Morgan fingerprint density at radius 3 is 2.67 bits per heavy atom. The Labute approximate surface area is 122 Å². The van der Waals surface area contributed by atoms with Crippen LogP contribution in [-0.2, 0) is 15.1 Å². The summed E-state index contributed by atoms with van der Waals surface area (Å²) < 4.78 is 19.1. The van der Waals surface area contributed by atoms with Crippen molar-refractivity contribution in [3.05, 3.63) is 53.8 Å². The molecule has 1 aliphatic rings. The zero-order valence-corrected chi connectivity index (χ0v) is 11.9. The van der Waals surface area contributed by atoms with Crippen LogP contribution in [0.4, 0.5) is 10.1 Å².